The summed E-state index contributed by atoms with van der Waals surface area (Å²) in [6.45, 7) is 3.90. The molecule has 0 aliphatic heterocycles. The van der Waals surface area contributed by atoms with Crippen LogP contribution in [-0.2, 0) is 11.2 Å². The normalized spacial score (nSPS) is 12.3. The number of halogens is 4. The van der Waals surface area contributed by atoms with Gasteiger partial charge in [0.25, 0.3) is 0 Å². The minimum Gasteiger partial charge on any atom is -0.493 e. The predicted molar refractivity (Wildman–Crippen MR) is 108 cm³/mol. The van der Waals surface area contributed by atoms with Gasteiger partial charge in [-0.05, 0) is 61.7 Å². The third-order valence-electron chi connectivity index (χ3n) is 4.17. The first-order valence-corrected chi connectivity index (χ1v) is 9.99. The monoisotopic (exact) mass is 490 g/mol. The van der Waals surface area contributed by atoms with Crippen molar-refractivity contribution in [3.63, 3.8) is 0 Å². The molecule has 5 nitrogen and oxygen atoms in total. The number of hydrogen-bond acceptors (Lipinski definition) is 4. The Hall–Kier alpha value is -2.42. The van der Waals surface area contributed by atoms with Crippen molar-refractivity contribution in [2.24, 2.45) is 0 Å². The van der Waals surface area contributed by atoms with Gasteiger partial charge >= 0.3 is 12.3 Å². The third kappa shape index (κ3) is 8.14. The second-order valence-corrected chi connectivity index (χ2v) is 7.60. The number of carboxylic acid groups (broad SMARTS) is 1. The van der Waals surface area contributed by atoms with E-state index in [9.17, 15) is 18.0 Å². The summed E-state index contributed by atoms with van der Waals surface area (Å²) in [4.78, 5) is 10.7. The highest BCUT2D eigenvalue weighted by Gasteiger charge is 2.32. The van der Waals surface area contributed by atoms with Crippen LogP contribution in [0.1, 0.15) is 30.9 Å². The van der Waals surface area contributed by atoms with E-state index < -0.39 is 24.2 Å². The molecule has 164 valence electrons. The summed E-state index contributed by atoms with van der Waals surface area (Å²) >= 11 is 3.11. The standard InChI is InChI=1S/C21H22BrF3O5/c1-13-11-17(6-3-15(13)4-8-20(26)27)28-10-9-14(2)29-18-7-5-16(22)12-19(18)30-21(23,24)25/h3,5-7,11-12,14H,4,8-10H2,1-2H3,(H,26,27). The first-order valence-electron chi connectivity index (χ1n) is 9.19. The topological polar surface area (TPSA) is 65.0 Å². The lowest BCUT2D eigenvalue weighted by Gasteiger charge is -2.19. The molecule has 0 aromatic heterocycles. The Labute approximate surface area is 180 Å². The zero-order chi connectivity index (χ0) is 22.3. The van der Waals surface area contributed by atoms with E-state index in [1.165, 1.54) is 12.1 Å². The number of ether oxygens (including phenoxy) is 3. The van der Waals surface area contributed by atoms with E-state index in [1.807, 2.05) is 19.1 Å². The Morgan fingerprint density at radius 1 is 1.17 bits per heavy atom. The molecule has 1 unspecified atom stereocenters. The van der Waals surface area contributed by atoms with Crippen LogP contribution in [0.4, 0.5) is 13.2 Å². The van der Waals surface area contributed by atoms with Crippen LogP contribution in [0.5, 0.6) is 17.2 Å². The summed E-state index contributed by atoms with van der Waals surface area (Å²) in [6, 6.07) is 9.58. The lowest BCUT2D eigenvalue weighted by molar-refractivity contribution is -0.275. The van der Waals surface area contributed by atoms with Crippen LogP contribution in [0.2, 0.25) is 0 Å². The molecule has 0 amide bonds. The van der Waals surface area contributed by atoms with E-state index in [-0.39, 0.29) is 12.2 Å². The van der Waals surface area contributed by atoms with Crippen LogP contribution < -0.4 is 14.2 Å². The van der Waals surface area contributed by atoms with E-state index in [1.54, 1.807) is 19.1 Å². The van der Waals surface area contributed by atoms with Crippen molar-refractivity contribution < 1.29 is 37.3 Å². The fraction of sp³-hybridized carbons (Fsp3) is 0.381. The van der Waals surface area contributed by atoms with Crippen molar-refractivity contribution in [3.05, 3.63) is 52.0 Å². The molecule has 1 atom stereocenters. The smallest absolute Gasteiger partial charge is 0.493 e. The van der Waals surface area contributed by atoms with Gasteiger partial charge < -0.3 is 19.3 Å². The molecule has 0 heterocycles. The van der Waals surface area contributed by atoms with E-state index in [0.717, 1.165) is 11.1 Å². The van der Waals surface area contributed by atoms with Gasteiger partial charge in [0.2, 0.25) is 0 Å². The molecule has 0 aliphatic rings. The SMILES string of the molecule is Cc1cc(OCCC(C)Oc2ccc(Br)cc2OC(F)(F)F)ccc1CCC(=O)O. The van der Waals surface area contributed by atoms with Crippen molar-refractivity contribution in [2.45, 2.75) is 45.6 Å². The van der Waals surface area contributed by atoms with Gasteiger partial charge in [-0.2, -0.15) is 0 Å². The van der Waals surface area contributed by atoms with Crippen LogP contribution in [-0.4, -0.2) is 30.1 Å². The van der Waals surface area contributed by atoms with Crippen LogP contribution in [0.15, 0.2) is 40.9 Å². The molecular weight excluding hydrogens is 469 g/mol. The number of carboxylic acids is 1. The minimum atomic E-state index is -4.82. The maximum Gasteiger partial charge on any atom is 0.573 e. The third-order valence-corrected chi connectivity index (χ3v) is 4.67. The quantitative estimate of drug-likeness (QED) is 0.448. The number of carbonyl (C=O) groups is 1. The molecule has 2 aromatic rings. The Morgan fingerprint density at radius 3 is 2.53 bits per heavy atom. The Morgan fingerprint density at radius 2 is 1.90 bits per heavy atom. The molecule has 0 radical (unpaired) electrons. The van der Waals surface area contributed by atoms with Crippen LogP contribution in [0.3, 0.4) is 0 Å². The van der Waals surface area contributed by atoms with E-state index in [2.05, 4.69) is 20.7 Å². The second kappa shape index (κ2) is 10.6. The largest absolute Gasteiger partial charge is 0.573 e. The molecule has 1 N–H and O–H groups in total. The average molecular weight is 491 g/mol. The number of benzene rings is 2. The summed E-state index contributed by atoms with van der Waals surface area (Å²) in [6.07, 6.45) is -4.30. The van der Waals surface area contributed by atoms with E-state index >= 15 is 0 Å². The highest BCUT2D eigenvalue weighted by Crippen LogP contribution is 2.35. The minimum absolute atomic E-state index is 0.0124. The van der Waals surface area contributed by atoms with Gasteiger partial charge in [-0.1, -0.05) is 22.0 Å². The fourth-order valence-corrected chi connectivity index (χ4v) is 3.02. The Kier molecular flexibility index (Phi) is 8.40. The van der Waals surface area contributed by atoms with Gasteiger partial charge in [0.1, 0.15) is 5.75 Å². The Balaban J connectivity index is 1.89. The highest BCUT2D eigenvalue weighted by atomic mass is 79.9. The number of hydrogen-bond donors (Lipinski definition) is 1. The van der Waals surface area contributed by atoms with Crippen molar-refractivity contribution >= 4 is 21.9 Å². The van der Waals surface area contributed by atoms with E-state index in [4.69, 9.17) is 14.6 Å². The predicted octanol–water partition coefficient (Wildman–Crippen LogP) is 5.91. The summed E-state index contributed by atoms with van der Waals surface area (Å²) in [5, 5.41) is 8.78. The first-order chi connectivity index (χ1) is 14.0. The lowest BCUT2D eigenvalue weighted by atomic mass is 10.0. The van der Waals surface area contributed by atoms with Crippen LogP contribution in [0, 0.1) is 6.92 Å². The summed E-state index contributed by atoms with van der Waals surface area (Å²) < 4.78 is 53.5. The zero-order valence-corrected chi connectivity index (χ0v) is 18.0. The molecule has 0 saturated heterocycles. The highest BCUT2D eigenvalue weighted by molar-refractivity contribution is 9.10. The van der Waals surface area contributed by atoms with Crippen LogP contribution in [0.25, 0.3) is 0 Å². The average Bonchev–Trinajstić information content (AvgIpc) is 2.62. The molecule has 0 fully saturated rings. The van der Waals surface area contributed by atoms with Gasteiger partial charge in [0.05, 0.1) is 12.7 Å². The molecule has 0 aliphatic carbocycles. The first kappa shape index (κ1) is 23.9. The molecule has 30 heavy (non-hydrogen) atoms. The van der Waals surface area contributed by atoms with Crippen molar-refractivity contribution in [1.82, 2.24) is 0 Å². The summed E-state index contributed by atoms with van der Waals surface area (Å²) in [5.41, 5.74) is 1.87. The maximum absolute atomic E-state index is 12.6. The Bertz CT molecular complexity index is 870. The van der Waals surface area contributed by atoms with Gasteiger partial charge in [-0.25, -0.2) is 0 Å². The molecule has 0 spiro atoms. The number of aliphatic carboxylic acids is 1. The maximum atomic E-state index is 12.6. The molecule has 9 heteroatoms. The number of rotatable bonds is 10. The van der Waals surface area contributed by atoms with Crippen molar-refractivity contribution in [1.29, 1.82) is 0 Å². The van der Waals surface area contributed by atoms with Crippen molar-refractivity contribution in [2.75, 3.05) is 6.61 Å². The van der Waals surface area contributed by atoms with Crippen molar-refractivity contribution in [3.8, 4) is 17.2 Å². The summed E-state index contributed by atoms with van der Waals surface area (Å²) in [7, 11) is 0. The van der Waals surface area contributed by atoms with Gasteiger partial charge in [-0.3, -0.25) is 4.79 Å². The lowest BCUT2D eigenvalue weighted by Crippen LogP contribution is -2.20. The number of alkyl halides is 3. The molecule has 2 rings (SSSR count). The van der Waals surface area contributed by atoms with Crippen LogP contribution >= 0.6 is 15.9 Å². The second-order valence-electron chi connectivity index (χ2n) is 6.69. The molecule has 2 aromatic carbocycles. The fourth-order valence-electron chi connectivity index (χ4n) is 2.68. The zero-order valence-electron chi connectivity index (χ0n) is 16.5. The van der Waals surface area contributed by atoms with Gasteiger partial charge in [0, 0.05) is 17.3 Å². The number of aryl methyl sites for hydroxylation is 2. The molecular formula is C21H22BrF3O5. The van der Waals surface area contributed by atoms with Gasteiger partial charge in [0.15, 0.2) is 11.5 Å². The van der Waals surface area contributed by atoms with Gasteiger partial charge in [-0.15, -0.1) is 13.2 Å². The van der Waals surface area contributed by atoms with E-state index in [0.29, 0.717) is 29.7 Å². The molecule has 0 saturated carbocycles. The summed E-state index contributed by atoms with van der Waals surface area (Å²) in [5.74, 6) is -0.652. The molecule has 0 bridgehead atoms.